The third-order valence-corrected chi connectivity index (χ3v) is 6.66. The average Bonchev–Trinajstić information content (AvgIpc) is 2.68. The van der Waals surface area contributed by atoms with Crippen LogP contribution in [0.5, 0.6) is 0 Å². The lowest BCUT2D eigenvalue weighted by Gasteiger charge is -2.27. The fraction of sp³-hybridized carbons (Fsp3) is 0.588. The molecule has 0 spiro atoms. The van der Waals surface area contributed by atoms with Crippen LogP contribution in [0.25, 0.3) is 0 Å². The van der Waals surface area contributed by atoms with Crippen LogP contribution >= 0.6 is 0 Å². The molecule has 0 aliphatic carbocycles. The number of hydrogen-bond acceptors (Lipinski definition) is 13. The second-order valence-electron chi connectivity index (χ2n) is 7.36. The molecule has 0 aromatic heterocycles. The van der Waals surface area contributed by atoms with Gasteiger partial charge >= 0.3 is 0 Å². The van der Waals surface area contributed by atoms with Crippen LogP contribution in [0.15, 0.2) is 17.0 Å². The van der Waals surface area contributed by atoms with Gasteiger partial charge in [0, 0.05) is 39.0 Å². The van der Waals surface area contributed by atoms with Gasteiger partial charge in [0.15, 0.2) is 9.84 Å². The lowest BCUT2D eigenvalue weighted by molar-refractivity contribution is -0.385. The van der Waals surface area contributed by atoms with E-state index in [4.69, 9.17) is 5.11 Å². The van der Waals surface area contributed by atoms with Crippen molar-refractivity contribution in [2.75, 3.05) is 70.2 Å². The van der Waals surface area contributed by atoms with E-state index in [1.54, 1.807) is 0 Å². The van der Waals surface area contributed by atoms with Crippen LogP contribution < -0.4 is 4.90 Å². The van der Waals surface area contributed by atoms with E-state index in [1.165, 1.54) is 11.9 Å². The maximum absolute atomic E-state index is 12.8. The van der Waals surface area contributed by atoms with Crippen LogP contribution in [0, 0.1) is 10.1 Å². The van der Waals surface area contributed by atoms with Crippen molar-refractivity contribution in [1.29, 1.82) is 0 Å². The zero-order valence-corrected chi connectivity index (χ0v) is 21.9. The van der Waals surface area contributed by atoms with E-state index >= 15 is 0 Å². The zero-order valence-electron chi connectivity index (χ0n) is 19.4. The summed E-state index contributed by atoms with van der Waals surface area (Å²) >= 11 is 0. The second kappa shape index (κ2) is 12.0. The maximum atomic E-state index is 12.8. The predicted molar refractivity (Wildman–Crippen MR) is 124 cm³/mol. The molecular formula is C17H27N3O12S3. The molecule has 0 radical (unpaired) electrons. The number of benzene rings is 1. The standard InChI is InChI=1S/C17H27N3O12S3/c1-18(5-8-21)17(22)13-11-15(16(33(2,25)26)12-14(13)20(23)24)19(6-9-31-34(3,27)28)7-10-32-35(4,29)30/h11-12,21H,5-10H2,1-4H3. The molecule has 18 heteroatoms. The van der Waals surface area contributed by atoms with Crippen LogP contribution in [0.3, 0.4) is 0 Å². The highest BCUT2D eigenvalue weighted by Crippen LogP contribution is 2.33. The molecule has 0 aliphatic rings. The van der Waals surface area contributed by atoms with Crippen LogP contribution in [-0.2, 0) is 38.4 Å². The van der Waals surface area contributed by atoms with Crippen molar-refractivity contribution in [2.24, 2.45) is 0 Å². The monoisotopic (exact) mass is 561 g/mol. The molecule has 0 heterocycles. The Labute approximate surface area is 203 Å². The third-order valence-electron chi connectivity index (χ3n) is 4.34. The first kappa shape index (κ1) is 30.7. The lowest BCUT2D eigenvalue weighted by atomic mass is 10.1. The van der Waals surface area contributed by atoms with Crippen LogP contribution in [0.4, 0.5) is 11.4 Å². The van der Waals surface area contributed by atoms with Gasteiger partial charge in [-0.2, -0.15) is 16.8 Å². The van der Waals surface area contributed by atoms with Gasteiger partial charge in [-0.1, -0.05) is 0 Å². The maximum Gasteiger partial charge on any atom is 0.283 e. The highest BCUT2D eigenvalue weighted by molar-refractivity contribution is 7.91. The largest absolute Gasteiger partial charge is 0.395 e. The van der Waals surface area contributed by atoms with E-state index in [2.05, 4.69) is 8.37 Å². The number of nitro benzene ring substituents is 1. The Hall–Kier alpha value is -2.38. The molecule has 35 heavy (non-hydrogen) atoms. The van der Waals surface area contributed by atoms with Gasteiger partial charge in [0.25, 0.3) is 31.8 Å². The first-order chi connectivity index (χ1) is 15.9. The Balaban J connectivity index is 3.72. The number of nitro groups is 1. The molecule has 0 saturated heterocycles. The summed E-state index contributed by atoms with van der Waals surface area (Å²) < 4.78 is 79.7. The molecule has 15 nitrogen and oxygen atoms in total. The molecule has 1 N–H and O–H groups in total. The van der Waals surface area contributed by atoms with Gasteiger partial charge in [0.2, 0.25) is 0 Å². The third kappa shape index (κ3) is 10.0. The smallest absolute Gasteiger partial charge is 0.283 e. The first-order valence-corrected chi connectivity index (χ1v) is 15.2. The second-order valence-corrected chi connectivity index (χ2v) is 12.6. The minimum absolute atomic E-state index is 0.173. The molecule has 0 aliphatic heterocycles. The highest BCUT2D eigenvalue weighted by atomic mass is 32.2. The van der Waals surface area contributed by atoms with Crippen molar-refractivity contribution in [2.45, 2.75) is 4.90 Å². The molecular weight excluding hydrogens is 534 g/mol. The minimum atomic E-state index is -4.14. The Morgan fingerprint density at radius 3 is 1.83 bits per heavy atom. The summed E-state index contributed by atoms with van der Waals surface area (Å²) in [5.74, 6) is -0.897. The topological polar surface area (TPSA) is 208 Å². The number of hydrogen-bond donors (Lipinski definition) is 1. The van der Waals surface area contributed by atoms with Crippen molar-refractivity contribution in [3.8, 4) is 0 Å². The number of amides is 1. The van der Waals surface area contributed by atoms with Crippen molar-refractivity contribution in [3.63, 3.8) is 0 Å². The zero-order chi connectivity index (χ0) is 27.2. The molecule has 200 valence electrons. The van der Waals surface area contributed by atoms with Gasteiger partial charge < -0.3 is 14.9 Å². The van der Waals surface area contributed by atoms with Crippen molar-refractivity contribution >= 4 is 47.4 Å². The lowest BCUT2D eigenvalue weighted by Crippen LogP contribution is -2.34. The molecule has 0 atom stereocenters. The number of nitrogens with zero attached hydrogens (tertiary/aromatic N) is 3. The number of anilines is 1. The normalized spacial score (nSPS) is 12.4. The van der Waals surface area contributed by atoms with Crippen molar-refractivity contribution < 1.29 is 48.4 Å². The van der Waals surface area contributed by atoms with E-state index in [0.29, 0.717) is 6.07 Å². The quantitative estimate of drug-likeness (QED) is 0.161. The van der Waals surface area contributed by atoms with Gasteiger partial charge in [0.1, 0.15) is 5.56 Å². The van der Waals surface area contributed by atoms with E-state index in [1.807, 2.05) is 0 Å². The Kier molecular flexibility index (Phi) is 10.5. The molecule has 1 rings (SSSR count). The summed E-state index contributed by atoms with van der Waals surface area (Å²) in [6, 6.07) is 1.62. The molecule has 0 saturated carbocycles. The summed E-state index contributed by atoms with van der Waals surface area (Å²) in [6.45, 7) is -2.24. The van der Waals surface area contributed by atoms with E-state index in [9.17, 15) is 40.2 Å². The van der Waals surface area contributed by atoms with Gasteiger partial charge in [-0.05, 0) is 6.07 Å². The number of aliphatic hydroxyl groups is 1. The Bertz CT molecular complexity index is 1220. The molecule has 0 unspecified atom stereocenters. The number of sulfone groups is 1. The first-order valence-electron chi connectivity index (χ1n) is 9.70. The summed E-state index contributed by atoms with van der Waals surface area (Å²) in [4.78, 5) is 25.1. The molecule has 0 bridgehead atoms. The number of rotatable bonds is 14. The predicted octanol–water partition coefficient (Wildman–Crippen LogP) is -1.18. The van der Waals surface area contributed by atoms with Crippen LogP contribution in [-0.4, -0.2) is 111 Å². The van der Waals surface area contributed by atoms with E-state index < -0.39 is 76.9 Å². The van der Waals surface area contributed by atoms with Crippen molar-refractivity contribution in [1.82, 2.24) is 4.90 Å². The summed E-state index contributed by atoms with van der Waals surface area (Å²) in [5.41, 5.74) is -1.57. The summed E-state index contributed by atoms with van der Waals surface area (Å²) in [7, 11) is -10.6. The number of aliphatic hydroxyl groups excluding tert-OH is 1. The molecule has 0 fully saturated rings. The fourth-order valence-electron chi connectivity index (χ4n) is 2.83. The highest BCUT2D eigenvalue weighted by Gasteiger charge is 2.30. The molecule has 1 aromatic carbocycles. The average molecular weight is 562 g/mol. The minimum Gasteiger partial charge on any atom is -0.395 e. The summed E-state index contributed by atoms with van der Waals surface area (Å²) in [6.07, 6.45) is 2.34. The van der Waals surface area contributed by atoms with E-state index in [-0.39, 0.29) is 25.3 Å². The van der Waals surface area contributed by atoms with Gasteiger partial charge in [-0.15, -0.1) is 0 Å². The van der Waals surface area contributed by atoms with E-state index in [0.717, 1.165) is 29.7 Å². The summed E-state index contributed by atoms with van der Waals surface area (Å²) in [5, 5.41) is 20.7. The van der Waals surface area contributed by atoms with Gasteiger partial charge in [0.05, 0.1) is 47.8 Å². The Morgan fingerprint density at radius 1 is 0.971 bits per heavy atom. The Morgan fingerprint density at radius 2 is 1.46 bits per heavy atom. The fourth-order valence-corrected chi connectivity index (χ4v) is 4.48. The SMILES string of the molecule is CN(CCO)C(=O)c1cc(N(CCOS(C)(=O)=O)CCOS(C)(=O)=O)c(S(C)(=O)=O)cc1[N+](=O)[O-]. The number of carbonyl (C=O) groups excluding carboxylic acids is 1. The van der Waals surface area contributed by atoms with Gasteiger partial charge in [-0.3, -0.25) is 23.3 Å². The van der Waals surface area contributed by atoms with Crippen LogP contribution in [0.2, 0.25) is 0 Å². The van der Waals surface area contributed by atoms with Gasteiger partial charge in [-0.25, -0.2) is 8.42 Å². The van der Waals surface area contributed by atoms with Crippen LogP contribution in [0.1, 0.15) is 10.4 Å². The number of likely N-dealkylation sites (N-methyl/N-ethyl adjacent to an activating group) is 1. The number of carbonyl (C=O) groups is 1. The molecule has 1 aromatic rings. The van der Waals surface area contributed by atoms with Crippen molar-refractivity contribution in [3.05, 3.63) is 27.8 Å². The molecule has 1 amide bonds.